The first kappa shape index (κ1) is 32.0. The van der Waals surface area contributed by atoms with Crippen LogP contribution in [-0.4, -0.2) is 72.3 Å². The Morgan fingerprint density at radius 3 is 2.54 bits per heavy atom. The lowest BCUT2D eigenvalue weighted by Gasteiger charge is -2.54. The van der Waals surface area contributed by atoms with Gasteiger partial charge in [-0.15, -0.1) is 0 Å². The molecule has 0 unspecified atom stereocenters. The summed E-state index contributed by atoms with van der Waals surface area (Å²) in [6.45, 7) is 8.98. The highest BCUT2D eigenvalue weighted by Gasteiger charge is 2.46. The van der Waals surface area contributed by atoms with Gasteiger partial charge in [-0.3, -0.25) is 9.78 Å². The Labute approximate surface area is 275 Å². The van der Waals surface area contributed by atoms with Crippen LogP contribution in [0.2, 0.25) is 5.02 Å². The molecule has 0 atom stereocenters. The average molecular weight is 659 g/mol. The predicted octanol–water partition coefficient (Wildman–Crippen LogP) is 6.85. The third kappa shape index (κ3) is 6.61. The number of hydrogen-bond donors (Lipinski definition) is 3. The highest BCUT2D eigenvalue weighted by atomic mass is 35.5. The molecule has 2 aromatic carbocycles. The number of carbonyl (C=O) groups is 1. The van der Waals surface area contributed by atoms with Crippen LogP contribution in [0.4, 0.5) is 34.5 Å². The highest BCUT2D eigenvalue weighted by Crippen LogP contribution is 2.51. The summed E-state index contributed by atoms with van der Waals surface area (Å²) in [5, 5.41) is 11.3. The number of nitrogens with one attached hydrogen (secondary N) is 3. The van der Waals surface area contributed by atoms with Gasteiger partial charge in [-0.25, -0.2) is 4.98 Å². The number of nitrogens with zero attached hydrogens (tertiary/aromatic N) is 5. The number of benzene rings is 2. The topological polar surface area (TPSA) is 115 Å². The summed E-state index contributed by atoms with van der Waals surface area (Å²) in [5.41, 5.74) is 4.19. The molecule has 12 heteroatoms. The molecule has 2 aromatic heterocycles. The van der Waals surface area contributed by atoms with Crippen LogP contribution in [0.5, 0.6) is 0 Å². The van der Waals surface area contributed by atoms with E-state index < -0.39 is 7.14 Å². The molecule has 2 aliphatic rings. The summed E-state index contributed by atoms with van der Waals surface area (Å²) in [6.07, 6.45) is 9.29. The number of pyridine rings is 1. The minimum atomic E-state index is -2.72. The number of piperidine rings is 1. The number of fused-ring (bicyclic) bond motifs is 1. The Morgan fingerprint density at radius 1 is 1.09 bits per heavy atom. The molecule has 240 valence electrons. The second kappa shape index (κ2) is 12.7. The lowest BCUT2D eigenvalue weighted by atomic mass is 9.60. The fourth-order valence-electron chi connectivity index (χ4n) is 6.70. The maximum atomic E-state index is 13.4. The van der Waals surface area contributed by atoms with Gasteiger partial charge in [0.2, 0.25) is 11.9 Å². The molecule has 10 nitrogen and oxygen atoms in total. The number of aromatic nitrogens is 3. The van der Waals surface area contributed by atoms with E-state index in [9.17, 15) is 9.36 Å². The van der Waals surface area contributed by atoms with Crippen molar-refractivity contribution in [1.82, 2.24) is 19.9 Å². The summed E-state index contributed by atoms with van der Waals surface area (Å²) in [4.78, 5) is 30.6. The van der Waals surface area contributed by atoms with Crippen LogP contribution in [0, 0.1) is 5.41 Å². The molecular weight excluding hydrogens is 619 g/mol. The molecule has 1 amide bonds. The summed E-state index contributed by atoms with van der Waals surface area (Å²) in [5.74, 6) is 0.393. The maximum Gasteiger partial charge on any atom is 0.247 e. The van der Waals surface area contributed by atoms with Gasteiger partial charge in [-0.1, -0.05) is 24.2 Å². The van der Waals surface area contributed by atoms with Crippen molar-refractivity contribution < 1.29 is 9.36 Å². The van der Waals surface area contributed by atoms with Crippen molar-refractivity contribution in [2.75, 3.05) is 61.4 Å². The second-order valence-corrected chi connectivity index (χ2v) is 16.5. The lowest BCUT2D eigenvalue weighted by Crippen LogP contribution is -2.53. The standard InChI is InChI=1S/C34H40ClN8O2P/c1-6-30(44)39-28-18-22(9-12-29(28)43-16-13-34(14-17-43)19-23(20-34)42(2)3)38-33-37-21-25(35)32(41-33)40-27-11-10-26-24(8-7-15-36-26)31(27)46(4,5)45/h6-12,15,18,21,23H,1,13-14,16-17,19-20H2,2-5H3,(H,39,44)(H2,37,38,40,41). The lowest BCUT2D eigenvalue weighted by molar-refractivity contribution is -0.111. The Bertz CT molecular complexity index is 1840. The number of halogens is 1. The zero-order chi connectivity index (χ0) is 32.6. The highest BCUT2D eigenvalue weighted by molar-refractivity contribution is 7.71. The minimum absolute atomic E-state index is 0.278. The predicted molar refractivity (Wildman–Crippen MR) is 190 cm³/mol. The number of rotatable bonds is 9. The Hall–Kier alpha value is -3.98. The summed E-state index contributed by atoms with van der Waals surface area (Å²) in [7, 11) is 1.61. The molecule has 3 heterocycles. The first-order valence-electron chi connectivity index (χ1n) is 15.4. The zero-order valence-corrected chi connectivity index (χ0v) is 28.3. The van der Waals surface area contributed by atoms with Gasteiger partial charge in [-0.05, 0) is 101 Å². The van der Waals surface area contributed by atoms with E-state index in [0.29, 0.717) is 50.6 Å². The molecule has 4 aromatic rings. The third-order valence-electron chi connectivity index (χ3n) is 9.22. The van der Waals surface area contributed by atoms with Gasteiger partial charge in [-0.2, -0.15) is 4.98 Å². The van der Waals surface area contributed by atoms with Gasteiger partial charge in [0.05, 0.1) is 28.8 Å². The summed E-state index contributed by atoms with van der Waals surface area (Å²) in [6, 6.07) is 14.0. The molecule has 46 heavy (non-hydrogen) atoms. The first-order chi connectivity index (χ1) is 21.9. The van der Waals surface area contributed by atoms with Gasteiger partial charge < -0.3 is 30.3 Å². The molecule has 2 fully saturated rings. The summed E-state index contributed by atoms with van der Waals surface area (Å²) >= 11 is 6.54. The molecule has 1 aliphatic carbocycles. The van der Waals surface area contributed by atoms with Crippen molar-refractivity contribution in [3.05, 3.63) is 72.5 Å². The van der Waals surface area contributed by atoms with E-state index in [2.05, 4.69) is 61.4 Å². The summed E-state index contributed by atoms with van der Waals surface area (Å²) < 4.78 is 13.4. The van der Waals surface area contributed by atoms with E-state index in [1.165, 1.54) is 25.1 Å². The van der Waals surface area contributed by atoms with Crippen molar-refractivity contribution in [1.29, 1.82) is 0 Å². The largest absolute Gasteiger partial charge is 0.370 e. The van der Waals surface area contributed by atoms with Crippen molar-refractivity contribution in [2.24, 2.45) is 5.41 Å². The number of hydrogen-bond acceptors (Lipinski definition) is 9. The smallest absolute Gasteiger partial charge is 0.247 e. The number of anilines is 6. The monoisotopic (exact) mass is 658 g/mol. The van der Waals surface area contributed by atoms with E-state index in [-0.39, 0.29) is 5.91 Å². The zero-order valence-electron chi connectivity index (χ0n) is 26.7. The van der Waals surface area contributed by atoms with Crippen LogP contribution in [-0.2, 0) is 9.36 Å². The van der Waals surface area contributed by atoms with Crippen molar-refractivity contribution in [2.45, 2.75) is 31.7 Å². The van der Waals surface area contributed by atoms with Crippen LogP contribution in [0.3, 0.4) is 0 Å². The van der Waals surface area contributed by atoms with E-state index in [1.807, 2.05) is 42.5 Å². The van der Waals surface area contributed by atoms with Crippen molar-refractivity contribution in [3.8, 4) is 0 Å². The van der Waals surface area contributed by atoms with Crippen molar-refractivity contribution >= 4 is 75.4 Å². The van der Waals surface area contributed by atoms with Gasteiger partial charge >= 0.3 is 0 Å². The third-order valence-corrected chi connectivity index (χ3v) is 11.1. The average Bonchev–Trinajstić information content (AvgIpc) is 3.01. The van der Waals surface area contributed by atoms with E-state index in [0.717, 1.165) is 42.5 Å². The Balaban J connectivity index is 1.24. The molecule has 0 bridgehead atoms. The van der Waals surface area contributed by atoms with Gasteiger partial charge in [0.1, 0.15) is 12.2 Å². The van der Waals surface area contributed by atoms with Crippen LogP contribution in [0.1, 0.15) is 25.7 Å². The molecule has 1 aliphatic heterocycles. The van der Waals surface area contributed by atoms with Crippen LogP contribution in [0.25, 0.3) is 10.9 Å². The molecule has 1 saturated heterocycles. The van der Waals surface area contributed by atoms with Crippen LogP contribution < -0.4 is 26.2 Å². The van der Waals surface area contributed by atoms with E-state index in [4.69, 9.17) is 11.6 Å². The fourth-order valence-corrected chi connectivity index (χ4v) is 8.32. The number of amides is 1. The first-order valence-corrected chi connectivity index (χ1v) is 18.4. The molecular formula is C34H40ClN8O2P. The molecule has 1 spiro atoms. The van der Waals surface area contributed by atoms with Gasteiger partial charge in [0.15, 0.2) is 5.82 Å². The minimum Gasteiger partial charge on any atom is -0.370 e. The SMILES string of the molecule is C=CC(=O)Nc1cc(Nc2ncc(Cl)c(Nc3ccc4ncccc4c3P(C)(C)=O)n2)ccc1N1CCC2(CC1)CC(N(C)C)C2. The Morgan fingerprint density at radius 2 is 1.85 bits per heavy atom. The normalized spacial score (nSPS) is 16.3. The van der Waals surface area contributed by atoms with E-state index in [1.54, 1.807) is 19.5 Å². The van der Waals surface area contributed by atoms with Gasteiger partial charge in [0.25, 0.3) is 0 Å². The molecule has 6 rings (SSSR count). The maximum absolute atomic E-state index is 13.4. The quantitative estimate of drug-likeness (QED) is 0.131. The molecule has 1 saturated carbocycles. The van der Waals surface area contributed by atoms with Crippen molar-refractivity contribution in [3.63, 3.8) is 0 Å². The fraction of sp³-hybridized carbons (Fsp3) is 0.353. The number of carbonyl (C=O) groups excluding carboxylic acids is 1. The Kier molecular flexibility index (Phi) is 8.81. The van der Waals surface area contributed by atoms with Gasteiger partial charge in [0, 0.05) is 41.7 Å². The van der Waals surface area contributed by atoms with Crippen LogP contribution in [0.15, 0.2) is 67.5 Å². The second-order valence-electron chi connectivity index (χ2n) is 13.0. The molecule has 3 N–H and O–H groups in total. The molecule has 0 radical (unpaired) electrons. The van der Waals surface area contributed by atoms with E-state index >= 15 is 0 Å². The van der Waals surface area contributed by atoms with Crippen LogP contribution >= 0.6 is 18.7 Å².